The van der Waals surface area contributed by atoms with Crippen LogP contribution in [-0.2, 0) is 0 Å². The highest BCUT2D eigenvalue weighted by molar-refractivity contribution is 5.71. The third-order valence-corrected chi connectivity index (χ3v) is 4.99. The molecule has 0 saturated heterocycles. The van der Waals surface area contributed by atoms with E-state index in [0.717, 1.165) is 16.9 Å². The number of aromatic nitrogens is 3. The summed E-state index contributed by atoms with van der Waals surface area (Å²) < 4.78 is 29.0. The Morgan fingerprint density at radius 2 is 1.44 bits per heavy atom. The first-order chi connectivity index (χ1) is 15.6. The number of imidazole rings is 1. The fourth-order valence-corrected chi connectivity index (χ4v) is 3.44. The van der Waals surface area contributed by atoms with Gasteiger partial charge in [0.1, 0.15) is 5.65 Å². The lowest BCUT2D eigenvalue weighted by Gasteiger charge is -2.16. The van der Waals surface area contributed by atoms with Crippen molar-refractivity contribution in [3.63, 3.8) is 0 Å². The van der Waals surface area contributed by atoms with Crippen LogP contribution in [0, 0.1) is 0 Å². The van der Waals surface area contributed by atoms with Gasteiger partial charge in [0.2, 0.25) is 11.7 Å². The summed E-state index contributed by atoms with van der Waals surface area (Å²) >= 11 is 0. The molecule has 0 bridgehead atoms. The molecule has 0 radical (unpaired) electrons. The number of anilines is 2. The van der Waals surface area contributed by atoms with Crippen LogP contribution in [0.1, 0.15) is 0 Å². The number of nitrogens with one attached hydrogen (secondary N) is 1. The molecule has 0 aliphatic carbocycles. The van der Waals surface area contributed by atoms with E-state index in [2.05, 4.69) is 10.3 Å². The van der Waals surface area contributed by atoms with Crippen LogP contribution < -0.4 is 29.0 Å². The van der Waals surface area contributed by atoms with Crippen molar-refractivity contribution in [3.8, 4) is 40.0 Å². The molecule has 4 rings (SSSR count). The maximum atomic E-state index is 5.46. The normalized spacial score (nSPS) is 10.7. The molecular formula is C23H24N4O5. The van der Waals surface area contributed by atoms with Gasteiger partial charge in [-0.25, -0.2) is 9.97 Å². The number of fused-ring (bicyclic) bond motifs is 1. The summed E-state index contributed by atoms with van der Waals surface area (Å²) in [5.41, 5.74) is 3.03. The number of methoxy groups -OCH3 is 5. The number of ether oxygens (including phenoxy) is 5. The zero-order valence-corrected chi connectivity index (χ0v) is 18.5. The molecule has 0 spiro atoms. The molecule has 32 heavy (non-hydrogen) atoms. The van der Waals surface area contributed by atoms with Gasteiger partial charge in [-0.1, -0.05) is 0 Å². The molecule has 0 amide bonds. The van der Waals surface area contributed by atoms with Crippen LogP contribution in [0.25, 0.3) is 16.9 Å². The molecule has 4 aromatic rings. The number of hydrogen-bond donors (Lipinski definition) is 1. The minimum Gasteiger partial charge on any atom is -0.493 e. The topological polar surface area (TPSA) is 88.4 Å². The van der Waals surface area contributed by atoms with Crippen LogP contribution in [0.4, 0.5) is 11.6 Å². The average molecular weight is 436 g/mol. The van der Waals surface area contributed by atoms with Crippen LogP contribution in [-0.4, -0.2) is 49.9 Å². The number of rotatable bonds is 8. The Labute approximate surface area is 185 Å². The van der Waals surface area contributed by atoms with Crippen molar-refractivity contribution < 1.29 is 23.7 Å². The highest BCUT2D eigenvalue weighted by Gasteiger charge is 2.16. The lowest BCUT2D eigenvalue weighted by atomic mass is 10.1. The summed E-state index contributed by atoms with van der Waals surface area (Å²) in [6, 6.07) is 11.2. The Morgan fingerprint density at radius 3 is 2.06 bits per heavy atom. The van der Waals surface area contributed by atoms with Gasteiger partial charge in [-0.05, 0) is 18.2 Å². The van der Waals surface area contributed by atoms with Gasteiger partial charge in [-0.15, -0.1) is 0 Å². The summed E-state index contributed by atoms with van der Waals surface area (Å²) in [6.07, 6.45) is 3.55. The van der Waals surface area contributed by atoms with Gasteiger partial charge >= 0.3 is 0 Å². The van der Waals surface area contributed by atoms with Crippen LogP contribution in [0.15, 0.2) is 48.8 Å². The summed E-state index contributed by atoms with van der Waals surface area (Å²) in [5.74, 6) is 3.42. The molecule has 0 aliphatic heterocycles. The molecule has 0 saturated carbocycles. The Balaban J connectivity index is 1.80. The summed E-state index contributed by atoms with van der Waals surface area (Å²) in [7, 11) is 7.92. The van der Waals surface area contributed by atoms with Crippen LogP contribution >= 0.6 is 0 Å². The highest BCUT2D eigenvalue weighted by atomic mass is 16.5. The summed E-state index contributed by atoms with van der Waals surface area (Å²) in [4.78, 5) is 9.26. The standard InChI is InChI=1S/C23H24N4O5/c1-28-17-7-6-14(10-18(17)29-2)16-13-21-24-8-9-27(21)23(26-16)25-15-11-19(30-3)22(32-5)20(12-15)31-4/h6-13H,1-5H3,(H,25,26). The molecule has 0 fully saturated rings. The first-order valence-corrected chi connectivity index (χ1v) is 9.75. The van der Waals surface area contributed by atoms with E-state index in [1.165, 1.54) is 0 Å². The van der Waals surface area contributed by atoms with Crippen LogP contribution in [0.3, 0.4) is 0 Å². The molecule has 9 heteroatoms. The zero-order valence-electron chi connectivity index (χ0n) is 18.5. The summed E-state index contributed by atoms with van der Waals surface area (Å²) in [5, 5.41) is 3.34. The van der Waals surface area contributed by atoms with E-state index in [0.29, 0.717) is 40.4 Å². The SMILES string of the molecule is COc1ccc(-c2cc3nccn3c(Nc3cc(OC)c(OC)c(OC)c3)n2)cc1OC. The molecule has 2 aromatic heterocycles. The lowest BCUT2D eigenvalue weighted by Crippen LogP contribution is -2.04. The fourth-order valence-electron chi connectivity index (χ4n) is 3.44. The van der Waals surface area contributed by atoms with Crippen molar-refractivity contribution in [2.75, 3.05) is 40.9 Å². The van der Waals surface area contributed by atoms with E-state index in [1.807, 2.05) is 47.0 Å². The fraction of sp³-hybridized carbons (Fsp3) is 0.217. The molecule has 0 atom stereocenters. The van der Waals surface area contributed by atoms with Gasteiger partial charge in [0.15, 0.2) is 23.0 Å². The maximum absolute atomic E-state index is 5.46. The van der Waals surface area contributed by atoms with Crippen molar-refractivity contribution in [1.29, 1.82) is 0 Å². The van der Waals surface area contributed by atoms with Gasteiger partial charge in [-0.3, -0.25) is 4.40 Å². The summed E-state index contributed by atoms with van der Waals surface area (Å²) in [6.45, 7) is 0. The molecule has 0 aliphatic rings. The highest BCUT2D eigenvalue weighted by Crippen LogP contribution is 2.40. The minimum atomic E-state index is 0.514. The van der Waals surface area contributed by atoms with Gasteiger partial charge in [-0.2, -0.15) is 0 Å². The quantitative estimate of drug-likeness (QED) is 0.440. The predicted molar refractivity (Wildman–Crippen MR) is 121 cm³/mol. The van der Waals surface area contributed by atoms with Crippen molar-refractivity contribution in [3.05, 3.63) is 48.8 Å². The molecule has 2 heterocycles. The maximum Gasteiger partial charge on any atom is 0.213 e. The molecular weight excluding hydrogens is 412 g/mol. The van der Waals surface area contributed by atoms with E-state index in [9.17, 15) is 0 Å². The van der Waals surface area contributed by atoms with E-state index in [1.54, 1.807) is 41.7 Å². The van der Waals surface area contributed by atoms with E-state index < -0.39 is 0 Å². The first kappa shape index (κ1) is 21.1. The molecule has 166 valence electrons. The Bertz CT molecular complexity index is 1230. The van der Waals surface area contributed by atoms with E-state index in [4.69, 9.17) is 28.7 Å². The zero-order chi connectivity index (χ0) is 22.7. The van der Waals surface area contributed by atoms with E-state index in [-0.39, 0.29) is 0 Å². The predicted octanol–water partition coefficient (Wildman–Crippen LogP) is 4.18. The lowest BCUT2D eigenvalue weighted by molar-refractivity contribution is 0.324. The average Bonchev–Trinajstić information content (AvgIpc) is 3.32. The largest absolute Gasteiger partial charge is 0.493 e. The minimum absolute atomic E-state index is 0.514. The third-order valence-electron chi connectivity index (χ3n) is 4.99. The second kappa shape index (κ2) is 8.93. The van der Waals surface area contributed by atoms with Crippen molar-refractivity contribution in [1.82, 2.24) is 14.4 Å². The number of nitrogens with zero attached hydrogens (tertiary/aromatic N) is 3. The molecule has 9 nitrogen and oxygen atoms in total. The van der Waals surface area contributed by atoms with Crippen molar-refractivity contribution >= 4 is 17.3 Å². The van der Waals surface area contributed by atoms with Gasteiger partial charge < -0.3 is 29.0 Å². The Morgan fingerprint density at radius 1 is 0.750 bits per heavy atom. The Hall–Kier alpha value is -4.14. The first-order valence-electron chi connectivity index (χ1n) is 9.75. The van der Waals surface area contributed by atoms with Gasteiger partial charge in [0, 0.05) is 41.8 Å². The number of benzene rings is 2. The monoisotopic (exact) mass is 436 g/mol. The molecule has 2 aromatic carbocycles. The van der Waals surface area contributed by atoms with Crippen molar-refractivity contribution in [2.45, 2.75) is 0 Å². The van der Waals surface area contributed by atoms with Gasteiger partial charge in [0.25, 0.3) is 0 Å². The second-order valence-electron chi connectivity index (χ2n) is 6.73. The third kappa shape index (κ3) is 3.80. The van der Waals surface area contributed by atoms with Gasteiger partial charge in [0.05, 0.1) is 41.2 Å². The Kier molecular flexibility index (Phi) is 5.89. The van der Waals surface area contributed by atoms with E-state index >= 15 is 0 Å². The number of hydrogen-bond acceptors (Lipinski definition) is 8. The molecule has 0 unspecified atom stereocenters. The smallest absolute Gasteiger partial charge is 0.213 e. The van der Waals surface area contributed by atoms with Crippen molar-refractivity contribution in [2.24, 2.45) is 0 Å². The second-order valence-corrected chi connectivity index (χ2v) is 6.73. The van der Waals surface area contributed by atoms with Crippen LogP contribution in [0.5, 0.6) is 28.7 Å². The van der Waals surface area contributed by atoms with Crippen LogP contribution in [0.2, 0.25) is 0 Å². The molecule has 1 N–H and O–H groups in total.